The fourth-order valence-corrected chi connectivity index (χ4v) is 3.62. The fraction of sp³-hybridized carbons (Fsp3) is 0.211. The summed E-state index contributed by atoms with van der Waals surface area (Å²) in [5, 5.41) is 2.67. The summed E-state index contributed by atoms with van der Waals surface area (Å²) in [6.07, 6.45) is 1.72. The van der Waals surface area contributed by atoms with E-state index >= 15 is 0 Å². The van der Waals surface area contributed by atoms with E-state index in [-0.39, 0.29) is 19.0 Å². The number of hydrogen-bond donors (Lipinski definition) is 0. The molecule has 0 saturated carbocycles. The van der Waals surface area contributed by atoms with Gasteiger partial charge in [0.1, 0.15) is 5.75 Å². The van der Waals surface area contributed by atoms with Gasteiger partial charge in [-0.15, -0.1) is 11.3 Å². The molecule has 0 aliphatic rings. The number of carbonyl (C=O) groups excluding carboxylic acids is 2. The summed E-state index contributed by atoms with van der Waals surface area (Å²) in [7, 11) is 0. The summed E-state index contributed by atoms with van der Waals surface area (Å²) < 4.78 is 13.2. The van der Waals surface area contributed by atoms with Gasteiger partial charge in [-0.25, -0.2) is 9.78 Å². The summed E-state index contributed by atoms with van der Waals surface area (Å²) in [6.45, 7) is 3.17. The molecule has 2 heterocycles. The minimum absolute atomic E-state index is 0.257. The minimum Gasteiger partial charge on any atom is -0.482 e. The van der Waals surface area contributed by atoms with E-state index in [4.69, 9.17) is 9.47 Å². The monoisotopic (exact) mass is 448 g/mol. The Labute approximate surface area is 168 Å². The Balaban J connectivity index is 1.57. The van der Waals surface area contributed by atoms with Crippen LogP contribution in [0.4, 0.5) is 0 Å². The van der Waals surface area contributed by atoms with Crippen LogP contribution in [0.1, 0.15) is 21.7 Å². The molecule has 3 rings (SSSR count). The van der Waals surface area contributed by atoms with Gasteiger partial charge in [0.2, 0.25) is 5.78 Å². The van der Waals surface area contributed by atoms with E-state index in [1.807, 2.05) is 35.9 Å². The molecule has 6 nitrogen and oxygen atoms in total. The van der Waals surface area contributed by atoms with Crippen LogP contribution in [0.25, 0.3) is 5.13 Å². The highest BCUT2D eigenvalue weighted by Crippen LogP contribution is 2.22. The molecule has 0 spiro atoms. The maximum Gasteiger partial charge on any atom is 0.344 e. The average molecular weight is 449 g/mol. The Morgan fingerprint density at radius 2 is 1.93 bits per heavy atom. The number of aryl methyl sites for hydroxylation is 1. The highest BCUT2D eigenvalue weighted by Gasteiger charge is 2.19. The van der Waals surface area contributed by atoms with E-state index in [0.29, 0.717) is 11.3 Å². The van der Waals surface area contributed by atoms with E-state index in [9.17, 15) is 9.59 Å². The lowest BCUT2D eigenvalue weighted by Crippen LogP contribution is -2.19. The van der Waals surface area contributed by atoms with E-state index in [1.165, 1.54) is 11.3 Å². The first-order chi connectivity index (χ1) is 13.0. The van der Waals surface area contributed by atoms with E-state index in [1.54, 1.807) is 24.4 Å². The van der Waals surface area contributed by atoms with Crippen molar-refractivity contribution in [2.75, 3.05) is 13.2 Å². The molecule has 3 aromatic rings. The topological polar surface area (TPSA) is 70.4 Å². The van der Waals surface area contributed by atoms with Gasteiger partial charge in [0.15, 0.2) is 18.3 Å². The molecule has 0 aliphatic carbocycles. The number of hydrogen-bond acceptors (Lipinski definition) is 6. The number of rotatable bonds is 7. The second-order valence-corrected chi connectivity index (χ2v) is 7.55. The summed E-state index contributed by atoms with van der Waals surface area (Å²) >= 11 is 4.81. The van der Waals surface area contributed by atoms with Gasteiger partial charge in [0.05, 0.1) is 0 Å². The highest BCUT2D eigenvalue weighted by molar-refractivity contribution is 9.10. The first-order valence-electron chi connectivity index (χ1n) is 8.11. The van der Waals surface area contributed by atoms with Gasteiger partial charge < -0.3 is 9.47 Å². The van der Waals surface area contributed by atoms with Crippen LogP contribution in [-0.4, -0.2) is 34.5 Å². The molecule has 1 aromatic carbocycles. The van der Waals surface area contributed by atoms with Gasteiger partial charge in [-0.3, -0.25) is 9.36 Å². The molecule has 0 atom stereocenters. The fourth-order valence-electron chi connectivity index (χ4n) is 2.60. The molecule has 0 aliphatic heterocycles. The normalized spacial score (nSPS) is 10.6. The minimum atomic E-state index is -0.597. The summed E-state index contributed by atoms with van der Waals surface area (Å²) in [5.41, 5.74) is 2.19. The van der Waals surface area contributed by atoms with Crippen molar-refractivity contribution in [1.29, 1.82) is 0 Å². The smallest absolute Gasteiger partial charge is 0.344 e. The zero-order valence-electron chi connectivity index (χ0n) is 14.8. The summed E-state index contributed by atoms with van der Waals surface area (Å²) in [5.74, 6) is -0.309. The molecule has 0 radical (unpaired) electrons. The molecular formula is C19H17BrN2O4S. The third kappa shape index (κ3) is 4.64. The Morgan fingerprint density at radius 3 is 2.59 bits per heavy atom. The Kier molecular flexibility index (Phi) is 6.08. The van der Waals surface area contributed by atoms with Crippen LogP contribution >= 0.6 is 27.3 Å². The molecule has 27 heavy (non-hydrogen) atoms. The van der Waals surface area contributed by atoms with Crippen molar-refractivity contribution in [2.24, 2.45) is 0 Å². The van der Waals surface area contributed by atoms with Crippen molar-refractivity contribution < 1.29 is 19.1 Å². The maximum atomic E-state index is 12.5. The number of thiazole rings is 1. The van der Waals surface area contributed by atoms with Crippen molar-refractivity contribution in [1.82, 2.24) is 9.55 Å². The number of Topliss-reactive ketones (excluding diaryl/α,β-unsaturated/α-hetero) is 1. The number of carbonyl (C=O) groups is 2. The average Bonchev–Trinajstić information content (AvgIpc) is 3.27. The number of ether oxygens (including phenoxy) is 2. The van der Waals surface area contributed by atoms with Gasteiger partial charge in [-0.2, -0.15) is 0 Å². The lowest BCUT2D eigenvalue weighted by atomic mass is 10.1. The first-order valence-corrected chi connectivity index (χ1v) is 9.79. The van der Waals surface area contributed by atoms with Crippen molar-refractivity contribution in [3.63, 3.8) is 0 Å². The number of ketones is 1. The predicted octanol–water partition coefficient (Wildman–Crippen LogP) is 4.12. The molecule has 2 aromatic heterocycles. The lowest BCUT2D eigenvalue weighted by molar-refractivity contribution is -0.144. The zero-order valence-corrected chi connectivity index (χ0v) is 17.2. The predicted molar refractivity (Wildman–Crippen MR) is 106 cm³/mol. The molecule has 140 valence electrons. The molecule has 0 N–H and O–H groups in total. The van der Waals surface area contributed by atoms with Crippen LogP contribution in [0.3, 0.4) is 0 Å². The van der Waals surface area contributed by atoms with Crippen LogP contribution in [-0.2, 0) is 9.53 Å². The van der Waals surface area contributed by atoms with Crippen LogP contribution in [0.2, 0.25) is 0 Å². The molecule has 8 heteroatoms. The molecule has 0 bridgehead atoms. The van der Waals surface area contributed by atoms with Crippen molar-refractivity contribution in [3.05, 3.63) is 63.3 Å². The number of halogens is 1. The number of nitrogens with zero attached hydrogens (tertiary/aromatic N) is 2. The number of esters is 1. The lowest BCUT2D eigenvalue weighted by Gasteiger charge is -2.07. The van der Waals surface area contributed by atoms with E-state index in [2.05, 4.69) is 20.9 Å². The van der Waals surface area contributed by atoms with Crippen molar-refractivity contribution in [3.8, 4) is 10.9 Å². The van der Waals surface area contributed by atoms with E-state index in [0.717, 1.165) is 21.0 Å². The molecule has 0 amide bonds. The highest BCUT2D eigenvalue weighted by atomic mass is 79.9. The van der Waals surface area contributed by atoms with Crippen molar-refractivity contribution in [2.45, 2.75) is 13.8 Å². The van der Waals surface area contributed by atoms with Gasteiger partial charge in [-0.1, -0.05) is 15.9 Å². The Bertz CT molecular complexity index is 949. The third-order valence-electron chi connectivity index (χ3n) is 3.88. The van der Waals surface area contributed by atoms with Gasteiger partial charge in [0.25, 0.3) is 0 Å². The molecule has 0 unspecified atom stereocenters. The molecule has 0 saturated heterocycles. The van der Waals surface area contributed by atoms with Gasteiger partial charge >= 0.3 is 5.97 Å². The SMILES string of the molecule is Cc1cc(C(=O)COC(=O)COc2ccc(Br)cc2)c(C)n1-c1nccs1. The number of aromatic nitrogens is 2. The quantitative estimate of drug-likeness (QED) is 0.401. The molecular weight excluding hydrogens is 432 g/mol. The second-order valence-electron chi connectivity index (χ2n) is 5.76. The summed E-state index contributed by atoms with van der Waals surface area (Å²) in [4.78, 5) is 28.6. The van der Waals surface area contributed by atoms with Gasteiger partial charge in [0, 0.05) is 33.0 Å². The maximum absolute atomic E-state index is 12.5. The largest absolute Gasteiger partial charge is 0.482 e. The van der Waals surface area contributed by atoms with Crippen LogP contribution in [0.15, 0.2) is 46.4 Å². The van der Waals surface area contributed by atoms with Gasteiger partial charge in [-0.05, 0) is 44.2 Å². The molecule has 0 fully saturated rings. The summed E-state index contributed by atoms with van der Waals surface area (Å²) in [6, 6.07) is 8.86. The number of benzene rings is 1. The van der Waals surface area contributed by atoms with Crippen LogP contribution < -0.4 is 4.74 Å². The zero-order chi connectivity index (χ0) is 19.4. The Morgan fingerprint density at radius 1 is 1.19 bits per heavy atom. The van der Waals surface area contributed by atoms with Crippen molar-refractivity contribution >= 4 is 39.0 Å². The first kappa shape index (κ1) is 19.3. The standard InChI is InChI=1S/C19H17BrN2O4S/c1-12-9-16(13(2)22(12)19-21-7-8-27-19)17(23)10-26-18(24)11-25-15-5-3-14(20)4-6-15/h3-9H,10-11H2,1-2H3. The Hall–Kier alpha value is -2.45. The van der Waals surface area contributed by atoms with Crippen LogP contribution in [0.5, 0.6) is 5.75 Å². The second kappa shape index (κ2) is 8.49. The van der Waals surface area contributed by atoms with Crippen LogP contribution in [0, 0.1) is 13.8 Å². The van der Waals surface area contributed by atoms with E-state index < -0.39 is 5.97 Å². The third-order valence-corrected chi connectivity index (χ3v) is 5.16.